The summed E-state index contributed by atoms with van der Waals surface area (Å²) in [6, 6.07) is 10.5. The van der Waals surface area contributed by atoms with E-state index in [4.69, 9.17) is 15.5 Å². The second-order valence-electron chi connectivity index (χ2n) is 8.99. The molecule has 1 aliphatic heterocycles. The van der Waals surface area contributed by atoms with E-state index in [-0.39, 0.29) is 17.7 Å². The first-order valence-corrected chi connectivity index (χ1v) is 12.3. The van der Waals surface area contributed by atoms with E-state index in [0.29, 0.717) is 47.1 Å². The quantitative estimate of drug-likeness (QED) is 0.413. The molecule has 1 fully saturated rings. The van der Waals surface area contributed by atoms with Gasteiger partial charge in [0.25, 0.3) is 5.91 Å². The molecule has 0 saturated carbocycles. The van der Waals surface area contributed by atoms with E-state index < -0.39 is 0 Å². The van der Waals surface area contributed by atoms with E-state index in [1.165, 1.54) is 0 Å². The Morgan fingerprint density at radius 1 is 1.16 bits per heavy atom. The molecule has 1 saturated heterocycles. The van der Waals surface area contributed by atoms with Crippen molar-refractivity contribution < 1.29 is 14.3 Å². The molecule has 0 aliphatic carbocycles. The third-order valence-electron chi connectivity index (χ3n) is 6.68. The van der Waals surface area contributed by atoms with E-state index in [0.717, 1.165) is 30.8 Å². The Bertz CT molecular complexity index is 1450. The summed E-state index contributed by atoms with van der Waals surface area (Å²) in [5.74, 6) is 2.21. The highest BCUT2D eigenvalue weighted by Crippen LogP contribution is 2.34. The molecule has 190 valence electrons. The molecule has 0 unspecified atom stereocenters. The van der Waals surface area contributed by atoms with Crippen LogP contribution in [0.2, 0.25) is 0 Å². The Hall–Kier alpha value is -4.47. The summed E-state index contributed by atoms with van der Waals surface area (Å²) in [5, 5.41) is 2.78. The predicted octanol–water partition coefficient (Wildman–Crippen LogP) is 3.75. The van der Waals surface area contributed by atoms with Crippen LogP contribution in [-0.4, -0.2) is 56.3 Å². The standard InChI is InChI=1S/C27H29N7O3/c1-3-22(35)33-13-4-5-19(16-33)26-32-23(24-25(28)30-12-14-34(24)26)17-6-8-18(9-7-17)27(36)31-21-15-20(37-2)10-11-29-21/h6-12,14-15,19H,3-5,13,16H2,1-2H3,(H2,28,30)(H,29,31,36)/t19-/m1/s1. The van der Waals surface area contributed by atoms with Crippen molar-refractivity contribution in [3.05, 3.63) is 66.4 Å². The normalized spacial score (nSPS) is 15.5. The molecular weight excluding hydrogens is 470 g/mol. The van der Waals surface area contributed by atoms with Crippen LogP contribution < -0.4 is 15.8 Å². The average Bonchev–Trinajstić information content (AvgIpc) is 3.34. The van der Waals surface area contributed by atoms with Crippen molar-refractivity contribution in [2.75, 3.05) is 31.2 Å². The molecule has 0 radical (unpaired) electrons. The molecule has 1 aromatic carbocycles. The number of aromatic nitrogens is 4. The molecule has 0 bridgehead atoms. The van der Waals surface area contributed by atoms with Crippen LogP contribution in [0.1, 0.15) is 48.3 Å². The first kappa shape index (κ1) is 24.2. The van der Waals surface area contributed by atoms with Crippen LogP contribution in [0.25, 0.3) is 16.8 Å². The molecule has 4 aromatic rings. The van der Waals surface area contributed by atoms with Gasteiger partial charge in [-0.2, -0.15) is 0 Å². The van der Waals surface area contributed by atoms with Crippen molar-refractivity contribution >= 4 is 29.0 Å². The van der Waals surface area contributed by atoms with Crippen LogP contribution in [0.5, 0.6) is 5.75 Å². The number of nitrogens with one attached hydrogen (secondary N) is 1. The van der Waals surface area contributed by atoms with Gasteiger partial charge in [-0.25, -0.2) is 15.0 Å². The minimum atomic E-state index is -0.285. The average molecular weight is 500 g/mol. The maximum atomic E-state index is 12.8. The maximum absolute atomic E-state index is 12.8. The number of nitrogen functional groups attached to an aromatic ring is 1. The van der Waals surface area contributed by atoms with Crippen molar-refractivity contribution in [1.29, 1.82) is 0 Å². The number of pyridine rings is 1. The van der Waals surface area contributed by atoms with E-state index in [9.17, 15) is 9.59 Å². The Morgan fingerprint density at radius 3 is 2.73 bits per heavy atom. The smallest absolute Gasteiger partial charge is 0.256 e. The second kappa shape index (κ2) is 10.3. The number of carbonyl (C=O) groups excluding carboxylic acids is 2. The van der Waals surface area contributed by atoms with Crippen molar-refractivity contribution in [3.8, 4) is 17.0 Å². The Balaban J connectivity index is 1.44. The number of carbonyl (C=O) groups is 2. The first-order chi connectivity index (χ1) is 18.0. The van der Waals surface area contributed by atoms with Gasteiger partial charge in [-0.3, -0.25) is 14.0 Å². The largest absolute Gasteiger partial charge is 0.497 e. The Morgan fingerprint density at radius 2 is 1.97 bits per heavy atom. The fraction of sp³-hybridized carbons (Fsp3) is 0.296. The molecule has 37 heavy (non-hydrogen) atoms. The summed E-state index contributed by atoms with van der Waals surface area (Å²) in [5.41, 5.74) is 9.01. The summed E-state index contributed by atoms with van der Waals surface area (Å²) >= 11 is 0. The third-order valence-corrected chi connectivity index (χ3v) is 6.68. The predicted molar refractivity (Wildman–Crippen MR) is 140 cm³/mol. The number of methoxy groups -OCH3 is 1. The number of nitrogens with two attached hydrogens (primary N) is 1. The van der Waals surface area contributed by atoms with Gasteiger partial charge < -0.3 is 20.7 Å². The number of nitrogens with zero attached hydrogens (tertiary/aromatic N) is 5. The van der Waals surface area contributed by atoms with E-state index in [1.54, 1.807) is 43.8 Å². The summed E-state index contributed by atoms with van der Waals surface area (Å²) < 4.78 is 7.17. The van der Waals surface area contributed by atoms with Crippen molar-refractivity contribution in [2.24, 2.45) is 0 Å². The molecule has 3 N–H and O–H groups in total. The van der Waals surface area contributed by atoms with Gasteiger partial charge in [-0.15, -0.1) is 0 Å². The number of rotatable bonds is 6. The summed E-state index contributed by atoms with van der Waals surface area (Å²) in [6.45, 7) is 3.29. The van der Waals surface area contributed by atoms with Crippen LogP contribution in [0, 0.1) is 0 Å². The SMILES string of the molecule is CCC(=O)N1CCC[C@@H](c2nc(-c3ccc(C(=O)Nc4cc(OC)ccn4)cc3)c3c(N)nccn23)C1. The zero-order valence-electron chi connectivity index (χ0n) is 20.8. The molecule has 0 spiro atoms. The lowest BCUT2D eigenvalue weighted by Gasteiger charge is -2.32. The number of piperidine rings is 1. The van der Waals surface area contributed by atoms with E-state index in [2.05, 4.69) is 15.3 Å². The van der Waals surface area contributed by atoms with Gasteiger partial charge in [0, 0.05) is 61.2 Å². The number of imidazole rings is 1. The molecule has 10 heteroatoms. The number of anilines is 2. The highest BCUT2D eigenvalue weighted by atomic mass is 16.5. The molecule has 1 atom stereocenters. The fourth-order valence-corrected chi connectivity index (χ4v) is 4.79. The van der Waals surface area contributed by atoms with Crippen LogP contribution in [0.4, 0.5) is 11.6 Å². The lowest BCUT2D eigenvalue weighted by molar-refractivity contribution is -0.132. The molecule has 5 rings (SSSR count). The molecule has 2 amide bonds. The minimum Gasteiger partial charge on any atom is -0.497 e. The van der Waals surface area contributed by atoms with Crippen molar-refractivity contribution in [2.45, 2.75) is 32.1 Å². The summed E-state index contributed by atoms with van der Waals surface area (Å²) in [6.07, 6.45) is 7.45. The Kier molecular flexibility index (Phi) is 6.72. The van der Waals surface area contributed by atoms with Crippen LogP contribution in [0.15, 0.2) is 55.0 Å². The highest BCUT2D eigenvalue weighted by molar-refractivity contribution is 6.04. The maximum Gasteiger partial charge on any atom is 0.256 e. The molecular formula is C27H29N7O3. The second-order valence-corrected chi connectivity index (χ2v) is 8.99. The fourth-order valence-electron chi connectivity index (χ4n) is 4.79. The summed E-state index contributed by atoms with van der Waals surface area (Å²) in [7, 11) is 1.56. The minimum absolute atomic E-state index is 0.0905. The van der Waals surface area contributed by atoms with Gasteiger partial charge >= 0.3 is 0 Å². The van der Waals surface area contributed by atoms with Gasteiger partial charge in [-0.05, 0) is 31.0 Å². The van der Waals surface area contributed by atoms with Crippen LogP contribution >= 0.6 is 0 Å². The van der Waals surface area contributed by atoms with Gasteiger partial charge in [0.1, 0.15) is 34.4 Å². The van der Waals surface area contributed by atoms with Gasteiger partial charge in [0.05, 0.1) is 7.11 Å². The number of ether oxygens (including phenoxy) is 1. The number of likely N-dealkylation sites (tertiary alicyclic amines) is 1. The number of hydrogen-bond donors (Lipinski definition) is 2. The zero-order valence-corrected chi connectivity index (χ0v) is 20.8. The van der Waals surface area contributed by atoms with Gasteiger partial charge in [0.2, 0.25) is 5.91 Å². The van der Waals surface area contributed by atoms with Crippen molar-refractivity contribution in [1.82, 2.24) is 24.3 Å². The van der Waals surface area contributed by atoms with Gasteiger partial charge in [-0.1, -0.05) is 19.1 Å². The van der Waals surface area contributed by atoms with Crippen molar-refractivity contribution in [3.63, 3.8) is 0 Å². The summed E-state index contributed by atoms with van der Waals surface area (Å²) in [4.78, 5) is 40.5. The van der Waals surface area contributed by atoms with Gasteiger partial charge in [0.15, 0.2) is 0 Å². The zero-order chi connectivity index (χ0) is 25.9. The first-order valence-electron chi connectivity index (χ1n) is 12.3. The molecule has 4 heterocycles. The van der Waals surface area contributed by atoms with Crippen LogP contribution in [-0.2, 0) is 4.79 Å². The number of fused-ring (bicyclic) bond motifs is 1. The molecule has 3 aromatic heterocycles. The number of hydrogen-bond acceptors (Lipinski definition) is 7. The molecule has 1 aliphatic rings. The number of benzene rings is 1. The molecule has 10 nitrogen and oxygen atoms in total. The highest BCUT2D eigenvalue weighted by Gasteiger charge is 2.28. The topological polar surface area (TPSA) is 128 Å². The van der Waals surface area contributed by atoms with E-state index >= 15 is 0 Å². The number of amides is 2. The third kappa shape index (κ3) is 4.82. The van der Waals surface area contributed by atoms with E-state index in [1.807, 2.05) is 34.6 Å². The van der Waals surface area contributed by atoms with Crippen LogP contribution in [0.3, 0.4) is 0 Å². The lowest BCUT2D eigenvalue weighted by Crippen LogP contribution is -2.39. The Labute approximate surface area is 214 Å². The monoisotopic (exact) mass is 499 g/mol. The lowest BCUT2D eigenvalue weighted by atomic mass is 9.97.